The van der Waals surface area contributed by atoms with Crippen LogP contribution in [0, 0.1) is 23.0 Å². The Labute approximate surface area is 242 Å². The van der Waals surface area contributed by atoms with Gasteiger partial charge in [-0.1, -0.05) is 6.07 Å². The Hall–Kier alpha value is -4.87. The maximum Gasteiger partial charge on any atom is 0.318 e. The van der Waals surface area contributed by atoms with Crippen LogP contribution in [0.4, 0.5) is 25.4 Å². The summed E-state index contributed by atoms with van der Waals surface area (Å²) >= 11 is 0.891. The molecule has 0 radical (unpaired) electrons. The topological polar surface area (TPSA) is 169 Å². The van der Waals surface area contributed by atoms with Gasteiger partial charge >= 0.3 is 6.01 Å². The summed E-state index contributed by atoms with van der Waals surface area (Å²) in [7, 11) is 1.35. The van der Waals surface area contributed by atoms with E-state index in [1.54, 1.807) is 30.2 Å². The van der Waals surface area contributed by atoms with Crippen molar-refractivity contribution < 1.29 is 23.4 Å². The van der Waals surface area contributed by atoms with Gasteiger partial charge in [-0.15, -0.1) is 11.3 Å². The van der Waals surface area contributed by atoms with E-state index in [2.05, 4.69) is 19.9 Å². The van der Waals surface area contributed by atoms with Gasteiger partial charge in [0.05, 0.1) is 35.6 Å². The smallest absolute Gasteiger partial charge is 0.318 e. The lowest BCUT2D eigenvalue weighted by Gasteiger charge is -2.38. The Kier molecular flexibility index (Phi) is 6.63. The first-order valence-corrected chi connectivity index (χ1v) is 13.6. The molecule has 1 aromatic carbocycles. The Bertz CT molecular complexity index is 1930. The fourth-order valence-corrected chi connectivity index (χ4v) is 6.29. The normalized spacial score (nSPS) is 16.1. The number of hydrogen-bond donors (Lipinski definition) is 3. The predicted molar refractivity (Wildman–Crippen MR) is 154 cm³/mol. The number of ether oxygens (including phenoxy) is 2. The number of nitrogen functional groups attached to an aromatic ring is 2. The van der Waals surface area contributed by atoms with Gasteiger partial charge in [0, 0.05) is 22.7 Å². The average Bonchev–Trinajstić information content (AvgIpc) is 3.23. The first-order valence-electron chi connectivity index (χ1n) is 12.8. The molecule has 214 valence electrons. The van der Waals surface area contributed by atoms with Gasteiger partial charge in [0.15, 0.2) is 5.82 Å². The van der Waals surface area contributed by atoms with Gasteiger partial charge in [-0.25, -0.2) is 18.7 Å². The van der Waals surface area contributed by atoms with E-state index in [0.29, 0.717) is 5.56 Å². The number of nitrogens with zero attached hydrogens (tertiary/aromatic N) is 6. The quantitative estimate of drug-likeness (QED) is 0.266. The van der Waals surface area contributed by atoms with Crippen LogP contribution < -0.4 is 25.8 Å². The molecule has 6 rings (SSSR count). The number of aromatic nitrogens is 4. The molecular weight excluding hydrogens is 566 g/mol. The largest absolute Gasteiger partial charge is 0.475 e. The number of nitriles is 1. The zero-order valence-corrected chi connectivity index (χ0v) is 23.4. The number of aliphatic hydroxyl groups excluding tert-OH is 1. The van der Waals surface area contributed by atoms with E-state index in [-0.39, 0.29) is 72.9 Å². The fourth-order valence-electron chi connectivity index (χ4n) is 5.34. The highest BCUT2D eigenvalue weighted by molar-refractivity contribution is 7.23. The van der Waals surface area contributed by atoms with Crippen LogP contribution in [0.1, 0.15) is 31.0 Å². The van der Waals surface area contributed by atoms with Crippen LogP contribution in [-0.2, 0) is 0 Å². The van der Waals surface area contributed by atoms with Gasteiger partial charge in [0.1, 0.15) is 51.7 Å². The summed E-state index contributed by atoms with van der Waals surface area (Å²) in [6.07, 6.45) is 0.625. The molecular formula is C28H24F2N8O3S. The number of methoxy groups -OCH3 is 1. The van der Waals surface area contributed by atoms with E-state index in [4.69, 9.17) is 20.9 Å². The first-order chi connectivity index (χ1) is 20.2. The monoisotopic (exact) mass is 590 g/mol. The zero-order chi connectivity index (χ0) is 29.9. The lowest BCUT2D eigenvalue weighted by Crippen LogP contribution is -2.47. The van der Waals surface area contributed by atoms with Gasteiger partial charge in [-0.05, 0) is 32.0 Å². The molecule has 0 bridgehead atoms. The summed E-state index contributed by atoms with van der Waals surface area (Å²) in [4.78, 5) is 19.4. The molecule has 0 aliphatic carbocycles. The van der Waals surface area contributed by atoms with Crippen LogP contribution in [0.15, 0.2) is 30.5 Å². The molecule has 3 unspecified atom stereocenters. The van der Waals surface area contributed by atoms with E-state index in [0.717, 1.165) is 17.4 Å². The summed E-state index contributed by atoms with van der Waals surface area (Å²) in [5.74, 6) is -1.01. The molecule has 11 nitrogen and oxygen atoms in total. The molecule has 1 aliphatic rings. The van der Waals surface area contributed by atoms with E-state index in [1.807, 2.05) is 13.0 Å². The summed E-state index contributed by atoms with van der Waals surface area (Å²) in [5.41, 5.74) is 12.6. The Morgan fingerprint density at radius 1 is 1.19 bits per heavy atom. The fraction of sp³-hybridized carbons (Fsp3) is 0.250. The van der Waals surface area contributed by atoms with Crippen molar-refractivity contribution in [1.82, 2.24) is 19.9 Å². The van der Waals surface area contributed by atoms with Crippen molar-refractivity contribution >= 4 is 49.0 Å². The number of aliphatic hydroxyl groups is 1. The van der Waals surface area contributed by atoms with Crippen LogP contribution in [0.3, 0.4) is 0 Å². The molecule has 3 atom stereocenters. The molecule has 4 aromatic heterocycles. The number of pyridine rings is 2. The van der Waals surface area contributed by atoms with Crippen LogP contribution in [-0.4, -0.2) is 50.9 Å². The standard InChI is InChI=1S/C28H24F2N8O3S/c1-11(13-5-4-8-34-24(13)32)38-17(12(2)39)10-41-27-19-22(36-28(40-3)37-26(19)38)20(30)21(35-27)14-6-7-16(29)23-18(14)15(9-31)25(33)42-23/h4-8,11-12,17,39H,10,33H2,1-3H3,(H2,32,34). The van der Waals surface area contributed by atoms with E-state index in [9.17, 15) is 14.8 Å². The minimum Gasteiger partial charge on any atom is -0.475 e. The SMILES string of the molecule is COc1nc2c3c(nc(-c4ccc(F)c5sc(N)c(C#N)c45)c(F)c3n1)OCC(C(C)O)N2C(C)c1cccnc1N. The second-order valence-electron chi connectivity index (χ2n) is 9.77. The summed E-state index contributed by atoms with van der Waals surface area (Å²) in [6, 6.07) is 6.67. The van der Waals surface area contributed by atoms with Gasteiger partial charge in [0.25, 0.3) is 0 Å². The minimum absolute atomic E-state index is 0.0155. The second kappa shape index (κ2) is 10.2. The third kappa shape index (κ3) is 4.08. The number of thiophene rings is 1. The summed E-state index contributed by atoms with van der Waals surface area (Å²) in [6.45, 7) is 3.39. The maximum absolute atomic E-state index is 16.6. The van der Waals surface area contributed by atoms with Gasteiger partial charge in [-0.3, -0.25) is 0 Å². The second-order valence-corrected chi connectivity index (χ2v) is 10.8. The molecule has 1 aliphatic heterocycles. The highest BCUT2D eigenvalue weighted by atomic mass is 32.1. The van der Waals surface area contributed by atoms with Crippen LogP contribution in [0.25, 0.3) is 32.2 Å². The van der Waals surface area contributed by atoms with E-state index < -0.39 is 29.8 Å². The predicted octanol–water partition coefficient (Wildman–Crippen LogP) is 4.33. The Balaban J connectivity index is 1.68. The molecule has 5 heterocycles. The van der Waals surface area contributed by atoms with E-state index >= 15 is 4.39 Å². The number of nitrogens with two attached hydrogens (primary N) is 2. The first kappa shape index (κ1) is 27.3. The van der Waals surface area contributed by atoms with Gasteiger partial charge in [-0.2, -0.15) is 15.2 Å². The maximum atomic E-state index is 16.6. The summed E-state index contributed by atoms with van der Waals surface area (Å²) < 4.78 is 42.9. The van der Waals surface area contributed by atoms with Crippen molar-refractivity contribution in [2.75, 3.05) is 30.1 Å². The third-order valence-corrected chi connectivity index (χ3v) is 8.40. The van der Waals surface area contributed by atoms with Gasteiger partial charge < -0.3 is 30.9 Å². The highest BCUT2D eigenvalue weighted by Crippen LogP contribution is 2.46. The molecule has 0 spiro atoms. The van der Waals surface area contributed by atoms with Crippen molar-refractivity contribution in [3.8, 4) is 29.2 Å². The number of fused-ring (bicyclic) bond motifs is 1. The summed E-state index contributed by atoms with van der Waals surface area (Å²) in [5, 5.41) is 21.0. The number of hydrogen-bond acceptors (Lipinski definition) is 12. The lowest BCUT2D eigenvalue weighted by molar-refractivity contribution is 0.122. The van der Waals surface area contributed by atoms with Crippen LogP contribution >= 0.6 is 11.3 Å². The average molecular weight is 591 g/mol. The number of rotatable bonds is 5. The molecule has 42 heavy (non-hydrogen) atoms. The van der Waals surface area contributed by atoms with Crippen molar-refractivity contribution in [2.45, 2.75) is 32.0 Å². The zero-order valence-electron chi connectivity index (χ0n) is 22.6. The molecule has 5 aromatic rings. The molecule has 0 saturated carbocycles. The molecule has 0 amide bonds. The van der Waals surface area contributed by atoms with E-state index in [1.165, 1.54) is 13.2 Å². The highest BCUT2D eigenvalue weighted by Gasteiger charge is 2.38. The third-order valence-electron chi connectivity index (χ3n) is 7.37. The Morgan fingerprint density at radius 3 is 2.67 bits per heavy atom. The van der Waals surface area contributed by atoms with Crippen molar-refractivity contribution in [3.05, 3.63) is 53.2 Å². The minimum atomic E-state index is -0.941. The number of benzene rings is 1. The molecule has 5 N–H and O–H groups in total. The van der Waals surface area contributed by atoms with Crippen molar-refractivity contribution in [3.63, 3.8) is 0 Å². The number of halogens is 2. The molecule has 0 fully saturated rings. The van der Waals surface area contributed by atoms with Crippen molar-refractivity contribution in [2.24, 2.45) is 0 Å². The Morgan fingerprint density at radius 2 is 1.98 bits per heavy atom. The van der Waals surface area contributed by atoms with Crippen molar-refractivity contribution in [1.29, 1.82) is 5.26 Å². The number of anilines is 3. The van der Waals surface area contributed by atoms with Crippen LogP contribution in [0.5, 0.6) is 11.9 Å². The molecule has 0 saturated heterocycles. The van der Waals surface area contributed by atoms with Gasteiger partial charge in [0.2, 0.25) is 5.88 Å². The lowest BCUT2D eigenvalue weighted by atomic mass is 10.0. The van der Waals surface area contributed by atoms with Crippen LogP contribution in [0.2, 0.25) is 0 Å². The molecule has 14 heteroatoms.